The van der Waals surface area contributed by atoms with Gasteiger partial charge in [0.25, 0.3) is 11.8 Å². The molecular weight excluding hydrogens is 418 g/mol. The van der Waals surface area contributed by atoms with Crippen molar-refractivity contribution >= 4 is 27.5 Å². The van der Waals surface area contributed by atoms with Crippen LogP contribution in [-0.4, -0.2) is 56.9 Å². The van der Waals surface area contributed by atoms with Gasteiger partial charge in [-0.3, -0.25) is 9.59 Å². The van der Waals surface area contributed by atoms with Gasteiger partial charge in [0.1, 0.15) is 0 Å². The van der Waals surface area contributed by atoms with Crippen molar-refractivity contribution in [3.05, 3.63) is 59.7 Å². The molecule has 0 saturated carbocycles. The average molecular weight is 446 g/mol. The minimum Gasteiger partial charge on any atom is -0.379 e. The molecule has 1 aliphatic heterocycles. The van der Waals surface area contributed by atoms with Crippen LogP contribution < -0.4 is 10.6 Å². The van der Waals surface area contributed by atoms with Crippen LogP contribution in [0.25, 0.3) is 0 Å². The van der Waals surface area contributed by atoms with Gasteiger partial charge in [-0.2, -0.15) is 4.31 Å². The number of carbonyl (C=O) groups is 2. The number of benzene rings is 2. The smallest absolute Gasteiger partial charge is 0.255 e. The zero-order valence-corrected chi connectivity index (χ0v) is 18.4. The first-order chi connectivity index (χ1) is 14.8. The number of morpholine rings is 1. The zero-order chi connectivity index (χ0) is 22.4. The van der Waals surface area contributed by atoms with Crippen molar-refractivity contribution < 1.29 is 22.7 Å². The number of hydrogen-bond acceptors (Lipinski definition) is 5. The zero-order valence-electron chi connectivity index (χ0n) is 17.6. The highest BCUT2D eigenvalue weighted by atomic mass is 32.2. The highest BCUT2D eigenvalue weighted by Gasteiger charge is 2.26. The summed E-state index contributed by atoms with van der Waals surface area (Å²) in [5, 5.41) is 5.63. The molecule has 2 N–H and O–H groups in total. The Hall–Kier alpha value is -2.75. The van der Waals surface area contributed by atoms with Gasteiger partial charge in [-0.1, -0.05) is 19.1 Å². The lowest BCUT2D eigenvalue weighted by molar-refractivity contribution is 0.0730. The van der Waals surface area contributed by atoms with E-state index in [0.717, 1.165) is 6.42 Å². The molecule has 31 heavy (non-hydrogen) atoms. The van der Waals surface area contributed by atoms with Crippen LogP contribution in [0.3, 0.4) is 0 Å². The molecule has 2 amide bonds. The SMILES string of the molecule is CC[C@@H](C)NC(=O)c1ccccc1NC(=O)c1ccc(S(=O)(=O)N2CCOCC2)cc1. The van der Waals surface area contributed by atoms with Crippen molar-refractivity contribution in [2.75, 3.05) is 31.6 Å². The summed E-state index contributed by atoms with van der Waals surface area (Å²) in [4.78, 5) is 25.4. The molecule has 8 nitrogen and oxygen atoms in total. The lowest BCUT2D eigenvalue weighted by Gasteiger charge is -2.26. The molecule has 1 fully saturated rings. The number of hydrogen-bond donors (Lipinski definition) is 2. The summed E-state index contributed by atoms with van der Waals surface area (Å²) in [5.74, 6) is -0.698. The van der Waals surface area contributed by atoms with E-state index in [1.807, 2.05) is 13.8 Å². The maximum Gasteiger partial charge on any atom is 0.255 e. The molecule has 0 unspecified atom stereocenters. The van der Waals surface area contributed by atoms with Gasteiger partial charge in [0.2, 0.25) is 10.0 Å². The van der Waals surface area contributed by atoms with E-state index in [2.05, 4.69) is 10.6 Å². The van der Waals surface area contributed by atoms with Crippen LogP contribution in [0.2, 0.25) is 0 Å². The number of rotatable bonds is 7. The topological polar surface area (TPSA) is 105 Å². The third-order valence-corrected chi connectivity index (χ3v) is 7.05. The predicted molar refractivity (Wildman–Crippen MR) is 118 cm³/mol. The Balaban J connectivity index is 1.74. The first kappa shape index (κ1) is 22.9. The Bertz CT molecular complexity index is 1030. The molecule has 2 aromatic carbocycles. The second kappa shape index (κ2) is 10.0. The number of para-hydroxylation sites is 1. The van der Waals surface area contributed by atoms with Gasteiger partial charge >= 0.3 is 0 Å². The van der Waals surface area contributed by atoms with Crippen LogP contribution in [-0.2, 0) is 14.8 Å². The Kier molecular flexibility index (Phi) is 7.42. The summed E-state index contributed by atoms with van der Waals surface area (Å²) >= 11 is 0. The molecule has 166 valence electrons. The standard InChI is InChI=1S/C22H27N3O5S/c1-3-16(2)23-22(27)19-6-4-5-7-20(19)24-21(26)17-8-10-18(11-9-17)31(28,29)25-12-14-30-15-13-25/h4-11,16H,3,12-15H2,1-2H3,(H,23,27)(H,24,26)/t16-/m1/s1. The predicted octanol–water partition coefficient (Wildman–Crippen LogP) is 2.49. The lowest BCUT2D eigenvalue weighted by Crippen LogP contribution is -2.40. The van der Waals surface area contributed by atoms with E-state index in [-0.39, 0.29) is 22.4 Å². The summed E-state index contributed by atoms with van der Waals surface area (Å²) in [5.41, 5.74) is 1.04. The van der Waals surface area contributed by atoms with E-state index in [0.29, 0.717) is 37.6 Å². The third kappa shape index (κ3) is 5.49. The van der Waals surface area contributed by atoms with Crippen LogP contribution in [0.1, 0.15) is 41.0 Å². The number of sulfonamides is 1. The second-order valence-corrected chi connectivity index (χ2v) is 9.26. The Morgan fingerprint density at radius 1 is 1.03 bits per heavy atom. The number of nitrogens with one attached hydrogen (secondary N) is 2. The molecule has 1 atom stereocenters. The van der Waals surface area contributed by atoms with E-state index in [1.54, 1.807) is 24.3 Å². The number of carbonyl (C=O) groups excluding carboxylic acids is 2. The highest BCUT2D eigenvalue weighted by Crippen LogP contribution is 2.20. The number of nitrogens with zero attached hydrogens (tertiary/aromatic N) is 1. The van der Waals surface area contributed by atoms with E-state index >= 15 is 0 Å². The molecular formula is C22H27N3O5S. The van der Waals surface area contributed by atoms with Gasteiger partial charge in [-0.05, 0) is 49.7 Å². The Labute approximate surface area is 182 Å². The Morgan fingerprint density at radius 2 is 1.68 bits per heavy atom. The van der Waals surface area contributed by atoms with Gasteiger partial charge in [-0.25, -0.2) is 8.42 Å². The molecule has 3 rings (SSSR count). The maximum atomic E-state index is 12.7. The highest BCUT2D eigenvalue weighted by molar-refractivity contribution is 7.89. The monoisotopic (exact) mass is 445 g/mol. The molecule has 2 aromatic rings. The van der Waals surface area contributed by atoms with Crippen molar-refractivity contribution in [3.63, 3.8) is 0 Å². The van der Waals surface area contributed by atoms with Gasteiger partial charge in [0.05, 0.1) is 29.4 Å². The first-order valence-corrected chi connectivity index (χ1v) is 11.7. The van der Waals surface area contributed by atoms with Crippen LogP contribution >= 0.6 is 0 Å². The molecule has 1 heterocycles. The normalized spacial score (nSPS) is 15.8. The van der Waals surface area contributed by atoms with Crippen LogP contribution in [0.5, 0.6) is 0 Å². The summed E-state index contributed by atoms with van der Waals surface area (Å²) < 4.78 is 32.0. The summed E-state index contributed by atoms with van der Waals surface area (Å²) in [7, 11) is -3.63. The molecule has 9 heteroatoms. The molecule has 1 aliphatic rings. The van der Waals surface area contributed by atoms with Gasteiger partial charge in [0.15, 0.2) is 0 Å². The third-order valence-electron chi connectivity index (χ3n) is 5.13. The van der Waals surface area contributed by atoms with Gasteiger partial charge in [-0.15, -0.1) is 0 Å². The van der Waals surface area contributed by atoms with Gasteiger partial charge in [0, 0.05) is 24.7 Å². The largest absolute Gasteiger partial charge is 0.379 e. The van der Waals surface area contributed by atoms with Crippen LogP contribution in [0.4, 0.5) is 5.69 Å². The fourth-order valence-electron chi connectivity index (χ4n) is 3.10. The minimum absolute atomic E-state index is 0.0113. The lowest BCUT2D eigenvalue weighted by atomic mass is 10.1. The van der Waals surface area contributed by atoms with E-state index < -0.39 is 15.9 Å². The van der Waals surface area contributed by atoms with Gasteiger partial charge < -0.3 is 15.4 Å². The van der Waals surface area contributed by atoms with Crippen molar-refractivity contribution in [1.29, 1.82) is 0 Å². The molecule has 0 aliphatic carbocycles. The molecule has 0 spiro atoms. The minimum atomic E-state index is -3.63. The Morgan fingerprint density at radius 3 is 2.32 bits per heavy atom. The number of amides is 2. The fourth-order valence-corrected chi connectivity index (χ4v) is 4.51. The maximum absolute atomic E-state index is 12.7. The van der Waals surface area contributed by atoms with Crippen molar-refractivity contribution in [2.24, 2.45) is 0 Å². The summed E-state index contributed by atoms with van der Waals surface area (Å²) in [6.07, 6.45) is 0.792. The molecule has 0 bridgehead atoms. The second-order valence-electron chi connectivity index (χ2n) is 7.32. The molecule has 1 saturated heterocycles. The van der Waals surface area contributed by atoms with E-state index in [9.17, 15) is 18.0 Å². The van der Waals surface area contributed by atoms with E-state index in [4.69, 9.17) is 4.74 Å². The summed E-state index contributed by atoms with van der Waals surface area (Å²) in [6, 6.07) is 12.5. The van der Waals surface area contributed by atoms with Crippen molar-refractivity contribution in [3.8, 4) is 0 Å². The van der Waals surface area contributed by atoms with Crippen LogP contribution in [0, 0.1) is 0 Å². The van der Waals surface area contributed by atoms with E-state index in [1.165, 1.54) is 28.6 Å². The average Bonchev–Trinajstić information content (AvgIpc) is 2.80. The van der Waals surface area contributed by atoms with Crippen molar-refractivity contribution in [2.45, 2.75) is 31.2 Å². The first-order valence-electron chi connectivity index (χ1n) is 10.2. The quantitative estimate of drug-likeness (QED) is 0.681. The number of anilines is 1. The fraction of sp³-hybridized carbons (Fsp3) is 0.364. The van der Waals surface area contributed by atoms with Crippen LogP contribution in [0.15, 0.2) is 53.4 Å². The summed E-state index contributed by atoms with van der Waals surface area (Å²) in [6.45, 7) is 5.22. The molecule has 0 radical (unpaired) electrons. The van der Waals surface area contributed by atoms with Crippen molar-refractivity contribution in [1.82, 2.24) is 9.62 Å². The molecule has 0 aromatic heterocycles. The number of ether oxygens (including phenoxy) is 1.